The second-order valence-electron chi connectivity index (χ2n) is 5.35. The lowest BCUT2D eigenvalue weighted by Crippen LogP contribution is -2.32. The lowest BCUT2D eigenvalue weighted by Gasteiger charge is -2.10. The molecule has 0 fully saturated rings. The molecule has 0 unspecified atom stereocenters. The molecule has 2 aromatic rings. The summed E-state index contributed by atoms with van der Waals surface area (Å²) in [6.45, 7) is 6.08. The summed E-state index contributed by atoms with van der Waals surface area (Å²) in [5, 5.41) is 5.98. The molecule has 0 aliphatic rings. The first-order valence-corrected chi connectivity index (χ1v) is 7.82. The molecule has 1 amide bonds. The average Bonchev–Trinajstić information content (AvgIpc) is 2.58. The largest absolute Gasteiger partial charge is 0.351 e. The maximum Gasteiger partial charge on any atom is 0.252 e. The van der Waals surface area contributed by atoms with Gasteiger partial charge in [0.1, 0.15) is 0 Å². The van der Waals surface area contributed by atoms with Crippen molar-refractivity contribution in [2.24, 2.45) is 0 Å². The molecule has 2 rings (SSSR count). The van der Waals surface area contributed by atoms with Crippen LogP contribution >= 0.6 is 12.4 Å². The van der Waals surface area contributed by atoms with Gasteiger partial charge in [-0.05, 0) is 19.5 Å². The first kappa shape index (κ1) is 19.9. The van der Waals surface area contributed by atoms with E-state index in [0.29, 0.717) is 29.8 Å². The average molecular weight is 347 g/mol. The monoisotopic (exact) mass is 346 g/mol. The Kier molecular flexibility index (Phi) is 8.16. The molecule has 0 spiro atoms. The van der Waals surface area contributed by atoms with Crippen molar-refractivity contribution >= 4 is 24.1 Å². The minimum atomic E-state index is -0.223. The maximum absolute atomic E-state index is 12.7. The number of aryl methyl sites for hydroxylation is 1. The van der Waals surface area contributed by atoms with Crippen LogP contribution in [0.25, 0.3) is 0 Å². The van der Waals surface area contributed by atoms with Crippen LogP contribution in [0, 0.1) is 6.92 Å². The molecule has 0 saturated carbocycles. The zero-order valence-electron chi connectivity index (χ0n) is 14.0. The summed E-state index contributed by atoms with van der Waals surface area (Å²) in [6, 6.07) is 14.3. The molecule has 0 aliphatic carbocycles. The summed E-state index contributed by atoms with van der Waals surface area (Å²) < 4.78 is 0. The third-order valence-electron chi connectivity index (χ3n) is 3.57. The Labute approximate surface area is 149 Å². The zero-order valence-corrected chi connectivity index (χ0v) is 14.8. The summed E-state index contributed by atoms with van der Waals surface area (Å²) in [6.07, 6.45) is 0. The lowest BCUT2D eigenvalue weighted by molar-refractivity contribution is 0.0942. The highest BCUT2D eigenvalue weighted by atomic mass is 35.5. The van der Waals surface area contributed by atoms with E-state index in [0.717, 1.165) is 12.1 Å². The number of hydrogen-bond donors (Lipinski definition) is 2. The second kappa shape index (κ2) is 9.85. The number of amides is 1. The van der Waals surface area contributed by atoms with Gasteiger partial charge in [-0.25, -0.2) is 0 Å². The Hall–Kier alpha value is -2.17. The van der Waals surface area contributed by atoms with Crippen LogP contribution in [-0.2, 0) is 0 Å². The molecule has 0 bridgehead atoms. The van der Waals surface area contributed by atoms with Gasteiger partial charge in [0.25, 0.3) is 5.91 Å². The summed E-state index contributed by atoms with van der Waals surface area (Å²) in [4.78, 5) is 25.0. The Balaban J connectivity index is 0.00000288. The van der Waals surface area contributed by atoms with Crippen LogP contribution in [0.3, 0.4) is 0 Å². The Morgan fingerprint density at radius 2 is 1.54 bits per heavy atom. The fourth-order valence-electron chi connectivity index (χ4n) is 2.28. The minimum Gasteiger partial charge on any atom is -0.351 e. The van der Waals surface area contributed by atoms with Crippen molar-refractivity contribution < 1.29 is 9.59 Å². The van der Waals surface area contributed by atoms with Crippen molar-refractivity contribution in [3.05, 3.63) is 70.8 Å². The van der Waals surface area contributed by atoms with E-state index in [2.05, 4.69) is 10.6 Å². The molecule has 2 N–H and O–H groups in total. The molecule has 2 aromatic carbocycles. The van der Waals surface area contributed by atoms with Crippen molar-refractivity contribution in [3.8, 4) is 0 Å². The van der Waals surface area contributed by atoms with E-state index in [9.17, 15) is 9.59 Å². The van der Waals surface area contributed by atoms with Crippen LogP contribution in [0.15, 0.2) is 48.5 Å². The van der Waals surface area contributed by atoms with Crippen LogP contribution in [0.2, 0.25) is 0 Å². The van der Waals surface area contributed by atoms with Gasteiger partial charge in [-0.2, -0.15) is 0 Å². The number of benzene rings is 2. The normalized spacial score (nSPS) is 9.92. The number of hydrogen-bond acceptors (Lipinski definition) is 3. The molecule has 0 saturated heterocycles. The van der Waals surface area contributed by atoms with E-state index in [1.165, 1.54) is 0 Å². The third-order valence-corrected chi connectivity index (χ3v) is 3.57. The molecule has 0 atom stereocenters. The molecule has 0 heterocycles. The van der Waals surface area contributed by atoms with E-state index in [4.69, 9.17) is 0 Å². The standard InChI is InChI=1S/C19H22N2O2.ClH/c1-3-20-12-13-21-19(23)17-7-5-4-6-16(17)18(22)15-10-8-14(2)9-11-15;/h4-11,20H,3,12-13H2,1-2H3,(H,21,23);1H. The highest BCUT2D eigenvalue weighted by Gasteiger charge is 2.17. The quantitative estimate of drug-likeness (QED) is 0.598. The van der Waals surface area contributed by atoms with Crippen LogP contribution in [0.1, 0.15) is 38.8 Å². The molecule has 24 heavy (non-hydrogen) atoms. The van der Waals surface area contributed by atoms with Crippen molar-refractivity contribution in [1.29, 1.82) is 0 Å². The van der Waals surface area contributed by atoms with Gasteiger partial charge in [0.05, 0.1) is 5.56 Å². The van der Waals surface area contributed by atoms with Crippen molar-refractivity contribution in [2.75, 3.05) is 19.6 Å². The van der Waals surface area contributed by atoms with Crippen LogP contribution < -0.4 is 10.6 Å². The van der Waals surface area contributed by atoms with Gasteiger partial charge < -0.3 is 10.6 Å². The van der Waals surface area contributed by atoms with Gasteiger partial charge in [-0.1, -0.05) is 55.0 Å². The fourth-order valence-corrected chi connectivity index (χ4v) is 2.28. The number of likely N-dealkylation sites (N-methyl/N-ethyl adjacent to an activating group) is 1. The summed E-state index contributed by atoms with van der Waals surface area (Å²) >= 11 is 0. The third kappa shape index (κ3) is 5.18. The fraction of sp³-hybridized carbons (Fsp3) is 0.263. The van der Waals surface area contributed by atoms with Crippen LogP contribution in [0.5, 0.6) is 0 Å². The SMILES string of the molecule is CCNCCNC(=O)c1ccccc1C(=O)c1ccc(C)cc1.Cl. The Bertz CT molecular complexity index is 684. The number of ketones is 1. The lowest BCUT2D eigenvalue weighted by atomic mass is 9.97. The van der Waals surface area contributed by atoms with E-state index in [-0.39, 0.29) is 24.1 Å². The number of nitrogens with one attached hydrogen (secondary N) is 2. The van der Waals surface area contributed by atoms with E-state index in [1.807, 2.05) is 26.0 Å². The Morgan fingerprint density at radius 1 is 0.917 bits per heavy atom. The van der Waals surface area contributed by atoms with Gasteiger partial charge in [0, 0.05) is 24.2 Å². The summed E-state index contributed by atoms with van der Waals surface area (Å²) in [5.74, 6) is -0.360. The molecule has 4 nitrogen and oxygen atoms in total. The number of rotatable bonds is 7. The second-order valence-corrected chi connectivity index (χ2v) is 5.35. The molecule has 0 radical (unpaired) electrons. The summed E-state index contributed by atoms with van der Waals surface area (Å²) in [5.41, 5.74) is 2.52. The first-order valence-electron chi connectivity index (χ1n) is 7.82. The van der Waals surface area contributed by atoms with Gasteiger partial charge in [-0.3, -0.25) is 9.59 Å². The van der Waals surface area contributed by atoms with Crippen molar-refractivity contribution in [2.45, 2.75) is 13.8 Å². The highest BCUT2D eigenvalue weighted by Crippen LogP contribution is 2.15. The molecule has 0 aliphatic heterocycles. The predicted molar refractivity (Wildman–Crippen MR) is 99.2 cm³/mol. The molecule has 0 aromatic heterocycles. The first-order chi connectivity index (χ1) is 11.1. The smallest absolute Gasteiger partial charge is 0.252 e. The minimum absolute atomic E-state index is 0. The van der Waals surface area contributed by atoms with Gasteiger partial charge >= 0.3 is 0 Å². The van der Waals surface area contributed by atoms with Gasteiger partial charge in [0.15, 0.2) is 5.78 Å². The zero-order chi connectivity index (χ0) is 16.7. The Morgan fingerprint density at radius 3 is 2.17 bits per heavy atom. The molecule has 128 valence electrons. The molecule has 5 heteroatoms. The van der Waals surface area contributed by atoms with Crippen LogP contribution in [-0.4, -0.2) is 31.3 Å². The number of halogens is 1. The van der Waals surface area contributed by atoms with Gasteiger partial charge in [-0.15, -0.1) is 12.4 Å². The highest BCUT2D eigenvalue weighted by molar-refractivity contribution is 6.15. The van der Waals surface area contributed by atoms with Gasteiger partial charge in [0.2, 0.25) is 0 Å². The van der Waals surface area contributed by atoms with Crippen molar-refractivity contribution in [3.63, 3.8) is 0 Å². The van der Waals surface area contributed by atoms with Crippen LogP contribution in [0.4, 0.5) is 0 Å². The molecular weight excluding hydrogens is 324 g/mol. The predicted octanol–water partition coefficient (Wildman–Crippen LogP) is 2.99. The number of carbonyl (C=O) groups is 2. The van der Waals surface area contributed by atoms with E-state index < -0.39 is 0 Å². The van der Waals surface area contributed by atoms with Crippen molar-refractivity contribution in [1.82, 2.24) is 10.6 Å². The maximum atomic E-state index is 12.7. The topological polar surface area (TPSA) is 58.2 Å². The molecular formula is C19H23ClN2O2. The van der Waals surface area contributed by atoms with E-state index >= 15 is 0 Å². The number of carbonyl (C=O) groups excluding carboxylic acids is 2. The van der Waals surface area contributed by atoms with E-state index in [1.54, 1.807) is 36.4 Å². The summed E-state index contributed by atoms with van der Waals surface area (Å²) in [7, 11) is 0.